The van der Waals surface area contributed by atoms with Gasteiger partial charge < -0.3 is 9.47 Å². The summed E-state index contributed by atoms with van der Waals surface area (Å²) in [5, 5.41) is 1.35. The van der Waals surface area contributed by atoms with Crippen molar-refractivity contribution in [3.8, 4) is 11.5 Å². The molecule has 0 saturated heterocycles. The van der Waals surface area contributed by atoms with E-state index >= 15 is 0 Å². The molecule has 1 aliphatic carbocycles. The third-order valence-corrected chi connectivity index (χ3v) is 6.75. The Morgan fingerprint density at radius 2 is 1.48 bits per heavy atom. The fourth-order valence-corrected chi connectivity index (χ4v) is 5.03. The van der Waals surface area contributed by atoms with Gasteiger partial charge in [0.15, 0.2) is 0 Å². The van der Waals surface area contributed by atoms with Gasteiger partial charge in [0.2, 0.25) is 5.91 Å². The SMILES string of the molecule is COc1cccc(OC)c1C1(C(=O)NS(=O)(=O)c2cccc3ccccc23)CC1. The molecule has 0 bridgehead atoms. The van der Waals surface area contributed by atoms with Crippen LogP contribution in [-0.2, 0) is 20.2 Å². The van der Waals surface area contributed by atoms with Crippen LogP contribution >= 0.6 is 0 Å². The van der Waals surface area contributed by atoms with Crippen LogP contribution in [0.15, 0.2) is 65.6 Å². The van der Waals surface area contributed by atoms with Crippen LogP contribution in [0.5, 0.6) is 11.5 Å². The van der Waals surface area contributed by atoms with Crippen molar-refractivity contribution < 1.29 is 22.7 Å². The second-order valence-corrected chi connectivity index (χ2v) is 8.68. The number of rotatable bonds is 6. The summed E-state index contributed by atoms with van der Waals surface area (Å²) in [6.45, 7) is 0. The largest absolute Gasteiger partial charge is 0.496 e. The monoisotopic (exact) mass is 411 g/mol. The number of ether oxygens (including phenoxy) is 2. The molecule has 0 radical (unpaired) electrons. The smallest absolute Gasteiger partial charge is 0.264 e. The number of amides is 1. The second-order valence-electron chi connectivity index (χ2n) is 7.03. The van der Waals surface area contributed by atoms with Crippen molar-refractivity contribution in [2.24, 2.45) is 0 Å². The molecular weight excluding hydrogens is 390 g/mol. The minimum Gasteiger partial charge on any atom is -0.496 e. The Kier molecular flexibility index (Phi) is 4.70. The molecule has 1 amide bonds. The Balaban J connectivity index is 1.73. The third-order valence-electron chi connectivity index (χ3n) is 5.36. The number of methoxy groups -OCH3 is 2. The molecule has 0 spiro atoms. The Bertz CT molecular complexity index is 1170. The lowest BCUT2D eigenvalue weighted by Gasteiger charge is -2.21. The molecule has 3 aromatic carbocycles. The summed E-state index contributed by atoms with van der Waals surface area (Å²) in [5.74, 6) is 0.423. The molecule has 1 aliphatic rings. The first-order valence-electron chi connectivity index (χ1n) is 9.19. The molecule has 0 unspecified atom stereocenters. The molecule has 1 N–H and O–H groups in total. The molecule has 4 rings (SSSR count). The van der Waals surface area contributed by atoms with Gasteiger partial charge in [0.25, 0.3) is 10.0 Å². The Labute approximate surface area is 169 Å². The van der Waals surface area contributed by atoms with E-state index < -0.39 is 21.3 Å². The highest BCUT2D eigenvalue weighted by Crippen LogP contribution is 2.55. The maximum Gasteiger partial charge on any atom is 0.264 e. The number of carbonyl (C=O) groups excluding carboxylic acids is 1. The summed E-state index contributed by atoms with van der Waals surface area (Å²) in [6, 6.07) is 17.4. The van der Waals surface area contributed by atoms with Gasteiger partial charge in [-0.1, -0.05) is 42.5 Å². The average molecular weight is 411 g/mol. The van der Waals surface area contributed by atoms with Crippen LogP contribution in [0.1, 0.15) is 18.4 Å². The predicted molar refractivity (Wildman–Crippen MR) is 110 cm³/mol. The number of hydrogen-bond donors (Lipinski definition) is 1. The van der Waals surface area contributed by atoms with E-state index in [-0.39, 0.29) is 4.90 Å². The fourth-order valence-electron chi connectivity index (χ4n) is 3.74. The Morgan fingerprint density at radius 1 is 0.897 bits per heavy atom. The van der Waals surface area contributed by atoms with Crippen LogP contribution in [-0.4, -0.2) is 28.5 Å². The number of fused-ring (bicyclic) bond motifs is 1. The van der Waals surface area contributed by atoms with Crippen molar-refractivity contribution in [2.75, 3.05) is 14.2 Å². The van der Waals surface area contributed by atoms with Crippen molar-refractivity contribution in [1.29, 1.82) is 0 Å². The van der Waals surface area contributed by atoms with Gasteiger partial charge in [-0.2, -0.15) is 0 Å². The van der Waals surface area contributed by atoms with E-state index in [1.807, 2.05) is 18.2 Å². The molecule has 0 aromatic heterocycles. The summed E-state index contributed by atoms with van der Waals surface area (Å²) < 4.78 is 39.3. The van der Waals surface area contributed by atoms with Crippen molar-refractivity contribution in [2.45, 2.75) is 23.2 Å². The van der Waals surface area contributed by atoms with Gasteiger partial charge in [-0.25, -0.2) is 13.1 Å². The molecule has 3 aromatic rings. The molecule has 1 saturated carbocycles. The standard InChI is InChI=1S/C22H21NO5S/c1-27-17-10-6-11-18(28-2)20(17)22(13-14-22)21(24)23-29(25,26)19-12-5-8-15-7-3-4-9-16(15)19/h3-12H,13-14H2,1-2H3,(H,23,24). The average Bonchev–Trinajstić information content (AvgIpc) is 3.54. The highest BCUT2D eigenvalue weighted by Gasteiger charge is 2.55. The summed E-state index contributed by atoms with van der Waals surface area (Å²) in [4.78, 5) is 13.3. The van der Waals surface area contributed by atoms with Crippen molar-refractivity contribution in [1.82, 2.24) is 4.72 Å². The van der Waals surface area contributed by atoms with Gasteiger partial charge in [0.05, 0.1) is 30.1 Å². The van der Waals surface area contributed by atoms with Crippen molar-refractivity contribution in [3.05, 3.63) is 66.2 Å². The van der Waals surface area contributed by atoms with E-state index in [4.69, 9.17) is 9.47 Å². The third kappa shape index (κ3) is 3.21. The lowest BCUT2D eigenvalue weighted by atomic mass is 9.93. The first kappa shape index (κ1) is 19.3. The van der Waals surface area contributed by atoms with Crippen molar-refractivity contribution in [3.63, 3.8) is 0 Å². The van der Waals surface area contributed by atoms with E-state index in [0.717, 1.165) is 5.39 Å². The number of carbonyl (C=O) groups is 1. The van der Waals surface area contributed by atoms with Gasteiger partial charge in [-0.05, 0) is 36.4 Å². The highest BCUT2D eigenvalue weighted by atomic mass is 32.2. The van der Waals surface area contributed by atoms with E-state index in [1.54, 1.807) is 36.4 Å². The molecular formula is C22H21NO5S. The first-order chi connectivity index (χ1) is 13.9. The molecule has 150 valence electrons. The van der Waals surface area contributed by atoms with E-state index in [0.29, 0.717) is 35.3 Å². The molecule has 29 heavy (non-hydrogen) atoms. The fraction of sp³-hybridized carbons (Fsp3) is 0.227. The summed E-state index contributed by atoms with van der Waals surface area (Å²) in [6.07, 6.45) is 1.03. The van der Waals surface area contributed by atoms with E-state index in [2.05, 4.69) is 4.72 Å². The lowest BCUT2D eigenvalue weighted by molar-refractivity contribution is -0.121. The summed E-state index contributed by atoms with van der Waals surface area (Å²) in [5.41, 5.74) is -0.411. The minimum atomic E-state index is -4.06. The summed E-state index contributed by atoms with van der Waals surface area (Å²) >= 11 is 0. The number of nitrogens with one attached hydrogen (secondary N) is 1. The number of benzene rings is 3. The lowest BCUT2D eigenvalue weighted by Crippen LogP contribution is -2.39. The molecule has 7 heteroatoms. The van der Waals surface area contributed by atoms with Crippen LogP contribution in [0.3, 0.4) is 0 Å². The maximum atomic E-state index is 13.2. The van der Waals surface area contributed by atoms with E-state index in [9.17, 15) is 13.2 Å². The van der Waals surface area contributed by atoms with Gasteiger partial charge in [-0.15, -0.1) is 0 Å². The van der Waals surface area contributed by atoms with Crippen molar-refractivity contribution >= 4 is 26.7 Å². The zero-order valence-corrected chi connectivity index (χ0v) is 17.0. The summed E-state index contributed by atoms with van der Waals surface area (Å²) in [7, 11) is -1.03. The molecule has 1 fully saturated rings. The van der Waals surface area contributed by atoms with Crippen LogP contribution in [0, 0.1) is 0 Å². The number of sulfonamides is 1. The molecule has 0 atom stereocenters. The quantitative estimate of drug-likeness (QED) is 0.672. The zero-order chi connectivity index (χ0) is 20.6. The zero-order valence-electron chi connectivity index (χ0n) is 16.1. The first-order valence-corrected chi connectivity index (χ1v) is 10.7. The van der Waals surface area contributed by atoms with Crippen LogP contribution < -0.4 is 14.2 Å². The predicted octanol–water partition coefficient (Wildman–Crippen LogP) is 3.39. The molecule has 0 aliphatic heterocycles. The van der Waals surface area contributed by atoms with Gasteiger partial charge in [0.1, 0.15) is 11.5 Å². The van der Waals surface area contributed by atoms with Gasteiger partial charge in [0, 0.05) is 5.39 Å². The normalized spacial score (nSPS) is 15.0. The van der Waals surface area contributed by atoms with Gasteiger partial charge in [-0.3, -0.25) is 4.79 Å². The minimum absolute atomic E-state index is 0.0757. The molecule has 0 heterocycles. The van der Waals surface area contributed by atoms with Crippen LogP contribution in [0.4, 0.5) is 0 Å². The second kappa shape index (κ2) is 7.08. The molecule has 6 nitrogen and oxygen atoms in total. The Morgan fingerprint density at radius 3 is 2.10 bits per heavy atom. The van der Waals surface area contributed by atoms with E-state index in [1.165, 1.54) is 20.3 Å². The topological polar surface area (TPSA) is 81.7 Å². The Hall–Kier alpha value is -3.06. The highest BCUT2D eigenvalue weighted by molar-refractivity contribution is 7.90. The van der Waals surface area contributed by atoms with Crippen LogP contribution in [0.2, 0.25) is 0 Å². The maximum absolute atomic E-state index is 13.2. The van der Waals surface area contributed by atoms with Crippen LogP contribution in [0.25, 0.3) is 10.8 Å². The van der Waals surface area contributed by atoms with Gasteiger partial charge >= 0.3 is 0 Å². The number of hydrogen-bond acceptors (Lipinski definition) is 5.